The van der Waals surface area contributed by atoms with E-state index in [-0.39, 0.29) is 25.5 Å². The maximum atomic E-state index is 12.9. The van der Waals surface area contributed by atoms with Gasteiger partial charge in [0, 0.05) is 18.1 Å². The lowest BCUT2D eigenvalue weighted by Crippen LogP contribution is -2.43. The number of nitrogens with one attached hydrogen (secondary N) is 1. The molecule has 2 heterocycles. The Labute approximate surface area is 157 Å². The number of carbonyl (C=O) groups is 1. The minimum atomic E-state index is -1.10. The van der Waals surface area contributed by atoms with E-state index in [4.69, 9.17) is 5.11 Å². The molecule has 0 unspecified atom stereocenters. The third-order valence-electron chi connectivity index (χ3n) is 3.81. The van der Waals surface area contributed by atoms with E-state index in [0.717, 1.165) is 15.7 Å². The second-order valence-corrected chi connectivity index (χ2v) is 6.72. The smallest absolute Gasteiger partial charge is 0.354 e. The summed E-state index contributed by atoms with van der Waals surface area (Å²) in [6.45, 7) is 1.89. The number of carboxylic acid groups (broad SMARTS) is 1. The first-order valence-electron chi connectivity index (χ1n) is 8.09. The fourth-order valence-electron chi connectivity index (χ4n) is 2.42. The van der Waals surface area contributed by atoms with Gasteiger partial charge in [0.1, 0.15) is 0 Å². The summed E-state index contributed by atoms with van der Waals surface area (Å²) in [5, 5.41) is 14.0. The van der Waals surface area contributed by atoms with Crippen LogP contribution >= 0.6 is 11.3 Å². The summed E-state index contributed by atoms with van der Waals surface area (Å²) >= 11 is 1.30. The van der Waals surface area contributed by atoms with Crippen molar-refractivity contribution >= 4 is 28.4 Å². The Morgan fingerprint density at radius 3 is 2.59 bits per heavy atom. The number of aryl methyl sites for hydroxylation is 1. The predicted molar refractivity (Wildman–Crippen MR) is 101 cm³/mol. The van der Waals surface area contributed by atoms with Gasteiger partial charge in [-0.1, -0.05) is 29.8 Å². The molecule has 3 rings (SSSR count). The van der Waals surface area contributed by atoms with Crippen LogP contribution in [0.1, 0.15) is 17.5 Å². The van der Waals surface area contributed by atoms with Crippen LogP contribution in [-0.4, -0.2) is 30.2 Å². The van der Waals surface area contributed by atoms with Crippen LogP contribution in [-0.2, 0) is 17.9 Å². The number of hydrogen-bond acceptors (Lipinski definition) is 7. The van der Waals surface area contributed by atoms with E-state index in [1.165, 1.54) is 15.9 Å². The number of benzene rings is 1. The van der Waals surface area contributed by atoms with Crippen LogP contribution in [0.15, 0.2) is 45.4 Å². The molecule has 0 saturated heterocycles. The molecule has 0 aliphatic heterocycles. The van der Waals surface area contributed by atoms with Gasteiger partial charge in [0.05, 0.1) is 13.0 Å². The molecule has 3 aromatic rings. The molecule has 0 bridgehead atoms. The molecule has 0 fully saturated rings. The van der Waals surface area contributed by atoms with E-state index in [9.17, 15) is 14.4 Å². The highest BCUT2D eigenvalue weighted by atomic mass is 32.1. The van der Waals surface area contributed by atoms with E-state index < -0.39 is 17.3 Å². The van der Waals surface area contributed by atoms with E-state index in [0.29, 0.717) is 5.13 Å². The van der Waals surface area contributed by atoms with Gasteiger partial charge in [0.2, 0.25) is 5.95 Å². The Hall–Kier alpha value is -3.27. The van der Waals surface area contributed by atoms with Gasteiger partial charge in [0.25, 0.3) is 0 Å². The highest BCUT2D eigenvalue weighted by Gasteiger charge is 2.15. The zero-order valence-corrected chi connectivity index (χ0v) is 15.3. The molecule has 0 radical (unpaired) electrons. The van der Waals surface area contributed by atoms with Crippen LogP contribution in [0.4, 0.5) is 11.1 Å². The molecule has 0 saturated carbocycles. The minimum absolute atomic E-state index is 0.0621. The molecular formula is C17H17N5O4S. The molecule has 0 spiro atoms. The summed E-state index contributed by atoms with van der Waals surface area (Å²) in [5.41, 5.74) is 0.489. The number of aromatic nitrogens is 4. The summed E-state index contributed by atoms with van der Waals surface area (Å²) in [6.07, 6.45) is 1.24. The lowest BCUT2D eigenvalue weighted by molar-refractivity contribution is -0.137. The molecule has 1 aromatic carbocycles. The van der Waals surface area contributed by atoms with Crippen LogP contribution in [0.5, 0.6) is 0 Å². The molecule has 0 aliphatic rings. The minimum Gasteiger partial charge on any atom is -0.481 e. The first kappa shape index (κ1) is 18.5. The number of nitrogens with zero attached hydrogens (tertiary/aromatic N) is 4. The number of rotatable bonds is 7. The molecule has 27 heavy (non-hydrogen) atoms. The third-order valence-corrected chi connectivity index (χ3v) is 4.50. The lowest BCUT2D eigenvalue weighted by atomic mass is 10.1. The van der Waals surface area contributed by atoms with Gasteiger partial charge in [-0.05, 0) is 12.5 Å². The van der Waals surface area contributed by atoms with Crippen LogP contribution in [0, 0.1) is 6.92 Å². The Morgan fingerprint density at radius 1 is 1.22 bits per heavy atom. The second-order valence-electron chi connectivity index (χ2n) is 5.83. The Bertz CT molecular complexity index is 1050. The zero-order valence-electron chi connectivity index (χ0n) is 14.5. The monoisotopic (exact) mass is 387 g/mol. The average molecular weight is 387 g/mol. The van der Waals surface area contributed by atoms with Gasteiger partial charge in [-0.25, -0.2) is 19.1 Å². The zero-order chi connectivity index (χ0) is 19.4. The van der Waals surface area contributed by atoms with Gasteiger partial charge >= 0.3 is 17.3 Å². The molecule has 0 amide bonds. The largest absolute Gasteiger partial charge is 0.481 e. The molecule has 2 aromatic heterocycles. The van der Waals surface area contributed by atoms with E-state index in [1.807, 2.05) is 31.2 Å². The van der Waals surface area contributed by atoms with Crippen LogP contribution < -0.4 is 16.7 Å². The first-order valence-corrected chi connectivity index (χ1v) is 8.97. The number of thiazole rings is 1. The maximum Gasteiger partial charge on any atom is 0.354 e. The molecule has 10 heteroatoms. The Kier molecular flexibility index (Phi) is 5.46. The highest BCUT2D eigenvalue weighted by molar-refractivity contribution is 7.13. The normalized spacial score (nSPS) is 10.7. The number of carboxylic acids is 1. The van der Waals surface area contributed by atoms with E-state index >= 15 is 0 Å². The van der Waals surface area contributed by atoms with Gasteiger partial charge < -0.3 is 10.4 Å². The van der Waals surface area contributed by atoms with Crippen molar-refractivity contribution in [2.75, 3.05) is 5.32 Å². The van der Waals surface area contributed by atoms with Crippen molar-refractivity contribution in [1.29, 1.82) is 0 Å². The highest BCUT2D eigenvalue weighted by Crippen LogP contribution is 2.16. The average Bonchev–Trinajstić information content (AvgIpc) is 3.12. The van der Waals surface area contributed by atoms with Crippen molar-refractivity contribution in [3.63, 3.8) is 0 Å². The maximum absolute atomic E-state index is 12.9. The fourth-order valence-corrected chi connectivity index (χ4v) is 2.95. The molecule has 140 valence electrons. The number of aliphatic carboxylic acids is 1. The van der Waals surface area contributed by atoms with Gasteiger partial charge in [-0.2, -0.15) is 4.98 Å². The van der Waals surface area contributed by atoms with Crippen LogP contribution in [0.25, 0.3) is 0 Å². The van der Waals surface area contributed by atoms with Crippen molar-refractivity contribution < 1.29 is 9.90 Å². The summed E-state index contributed by atoms with van der Waals surface area (Å²) < 4.78 is 2.13. The lowest BCUT2D eigenvalue weighted by Gasteiger charge is -2.14. The quantitative estimate of drug-likeness (QED) is 0.629. The summed E-state index contributed by atoms with van der Waals surface area (Å²) in [5.74, 6) is -1.04. The Morgan fingerprint density at radius 2 is 1.96 bits per heavy atom. The predicted octanol–water partition coefficient (Wildman–Crippen LogP) is 1.44. The molecule has 2 N–H and O–H groups in total. The number of anilines is 2. The summed E-state index contributed by atoms with van der Waals surface area (Å²) in [4.78, 5) is 43.9. The topological polar surface area (TPSA) is 119 Å². The molecule has 0 atom stereocenters. The third kappa shape index (κ3) is 4.47. The van der Waals surface area contributed by atoms with Gasteiger partial charge in [-0.15, -0.1) is 11.3 Å². The SMILES string of the molecule is Cc1ccc(Cn2c(Nc3nccs3)nc(=O)n(CCC(=O)O)c2=O)cc1. The molecular weight excluding hydrogens is 370 g/mol. The van der Waals surface area contributed by atoms with Gasteiger partial charge in [0.15, 0.2) is 5.13 Å². The van der Waals surface area contributed by atoms with Crippen molar-refractivity contribution in [1.82, 2.24) is 19.1 Å². The second kappa shape index (κ2) is 7.96. The molecule has 0 aliphatic carbocycles. The van der Waals surface area contributed by atoms with Crippen molar-refractivity contribution in [2.45, 2.75) is 26.4 Å². The van der Waals surface area contributed by atoms with Crippen molar-refractivity contribution in [2.24, 2.45) is 0 Å². The van der Waals surface area contributed by atoms with Crippen molar-refractivity contribution in [3.8, 4) is 0 Å². The summed E-state index contributed by atoms with van der Waals surface area (Å²) in [7, 11) is 0. The summed E-state index contributed by atoms with van der Waals surface area (Å²) in [6, 6.07) is 7.59. The van der Waals surface area contributed by atoms with Crippen molar-refractivity contribution in [3.05, 3.63) is 67.9 Å². The van der Waals surface area contributed by atoms with Crippen LogP contribution in [0.2, 0.25) is 0 Å². The van der Waals surface area contributed by atoms with Gasteiger partial charge in [-0.3, -0.25) is 9.36 Å². The fraction of sp³-hybridized carbons (Fsp3) is 0.235. The van der Waals surface area contributed by atoms with E-state index in [1.54, 1.807) is 11.6 Å². The Balaban J connectivity index is 2.05. The standard InChI is InChI=1S/C17H17N5O4S/c1-11-2-4-12(5-3-11)10-22-14(19-15-18-7-9-27-15)20-16(25)21(17(22)26)8-6-13(23)24/h2-5,7,9H,6,8,10H2,1H3,(H,23,24)(H,18,19,20,25). The first-order chi connectivity index (χ1) is 12.9. The van der Waals surface area contributed by atoms with E-state index in [2.05, 4.69) is 15.3 Å². The molecule has 9 nitrogen and oxygen atoms in total. The van der Waals surface area contributed by atoms with Crippen LogP contribution in [0.3, 0.4) is 0 Å². The number of hydrogen-bond donors (Lipinski definition) is 2.